The molecule has 1 fully saturated rings. The number of nitrogens with zero attached hydrogens (tertiary/aromatic N) is 2. The van der Waals surface area contributed by atoms with Crippen LogP contribution < -0.4 is 11.2 Å². The minimum atomic E-state index is -0.452. The largest absolute Gasteiger partial charge is 0.507 e. The first-order valence-electron chi connectivity index (χ1n) is 11.8. The summed E-state index contributed by atoms with van der Waals surface area (Å²) in [5.74, 6) is -0.787. The fraction of sp³-hybridized carbons (Fsp3) is 0.480. The summed E-state index contributed by atoms with van der Waals surface area (Å²) in [4.78, 5) is 15.5. The van der Waals surface area contributed by atoms with Gasteiger partial charge < -0.3 is 20.5 Å². The molecule has 1 aliphatic carbocycles. The highest BCUT2D eigenvalue weighted by Gasteiger charge is 2.39. The van der Waals surface area contributed by atoms with Gasteiger partial charge in [0.1, 0.15) is 11.9 Å². The molecule has 0 amide bonds. The van der Waals surface area contributed by atoms with Crippen molar-refractivity contribution in [3.05, 3.63) is 58.9 Å². The van der Waals surface area contributed by atoms with Crippen LogP contribution >= 0.6 is 12.2 Å². The van der Waals surface area contributed by atoms with Crippen LogP contribution in [0.3, 0.4) is 0 Å². The maximum atomic E-state index is 13.1. The van der Waals surface area contributed by atoms with Crippen LogP contribution in [0.15, 0.2) is 58.4 Å². The predicted octanol–water partition coefficient (Wildman–Crippen LogP) is 3.68. The number of aliphatic hydroxyl groups excluding tert-OH is 1. The van der Waals surface area contributed by atoms with E-state index in [1.807, 2.05) is 36.4 Å². The number of nitrogens with one attached hydrogen (secondary N) is 1. The first kappa shape index (κ1) is 23.4. The van der Waals surface area contributed by atoms with Crippen molar-refractivity contribution in [2.24, 2.45) is 10.8 Å². The average Bonchev–Trinajstić information content (AvgIpc) is 3.34. The van der Waals surface area contributed by atoms with E-state index >= 15 is 0 Å². The highest BCUT2D eigenvalue weighted by atomic mass is 32.1. The number of benzene rings is 1. The fourth-order valence-electron chi connectivity index (χ4n) is 4.91. The number of hydrogen-bond acceptors (Lipinski definition) is 6. The molecule has 0 saturated carbocycles. The zero-order valence-corrected chi connectivity index (χ0v) is 19.7. The summed E-state index contributed by atoms with van der Waals surface area (Å²) in [6.45, 7) is 3.06. The van der Waals surface area contributed by atoms with Crippen molar-refractivity contribution >= 4 is 29.0 Å². The summed E-state index contributed by atoms with van der Waals surface area (Å²) < 4.78 is 5.77. The van der Waals surface area contributed by atoms with Crippen LogP contribution in [0.1, 0.15) is 56.4 Å². The Morgan fingerprint density at radius 1 is 1.27 bits per heavy atom. The molecule has 2 atom stereocenters. The van der Waals surface area contributed by atoms with E-state index in [0.29, 0.717) is 18.4 Å². The topological polar surface area (TPSA) is 100 Å². The molecule has 3 aliphatic rings. The summed E-state index contributed by atoms with van der Waals surface area (Å²) >= 11 is 4.96. The quantitative estimate of drug-likeness (QED) is 0.232. The van der Waals surface area contributed by atoms with Crippen LogP contribution in [0.4, 0.5) is 0 Å². The summed E-state index contributed by atoms with van der Waals surface area (Å²) in [5, 5.41) is 15.8. The minimum Gasteiger partial charge on any atom is -0.507 e. The monoisotopic (exact) mass is 468 g/mol. The standard InChI is InChI=1S/C25H32N4O3S/c26-25(33)28-27-18(12-15-29-13-6-7-14-29)16-20(17-8-2-1-3-9-17)22-23(30)19-10-4-5-11-21(19)32-24(22)31/h1-3,8-10,20-21,30H,4-7,11-16H2,(H3,26,28,33)/b27-18+/t20-,21-/m0/s1. The zero-order chi connectivity index (χ0) is 23.2. The molecule has 0 unspecified atom stereocenters. The zero-order valence-electron chi connectivity index (χ0n) is 18.8. The number of nitrogens with two attached hydrogens (primary N) is 1. The number of hydrogen-bond donors (Lipinski definition) is 3. The molecule has 0 aromatic heterocycles. The molecular formula is C25H32N4O3S. The van der Waals surface area contributed by atoms with E-state index in [0.717, 1.165) is 55.7 Å². The van der Waals surface area contributed by atoms with Gasteiger partial charge in [-0.2, -0.15) is 5.10 Å². The van der Waals surface area contributed by atoms with Crippen molar-refractivity contribution < 1.29 is 14.6 Å². The Labute approximate surface area is 200 Å². The van der Waals surface area contributed by atoms with E-state index in [1.54, 1.807) is 0 Å². The number of aliphatic hydroxyl groups is 1. The van der Waals surface area contributed by atoms with E-state index in [-0.39, 0.29) is 17.0 Å². The molecule has 33 heavy (non-hydrogen) atoms. The van der Waals surface area contributed by atoms with E-state index in [4.69, 9.17) is 22.7 Å². The maximum absolute atomic E-state index is 13.1. The lowest BCUT2D eigenvalue weighted by Gasteiger charge is -2.32. The third kappa shape index (κ3) is 5.81. The molecule has 8 heteroatoms. The Balaban J connectivity index is 1.67. The number of carbonyl (C=O) groups is 1. The number of likely N-dealkylation sites (tertiary alicyclic amines) is 1. The second-order valence-electron chi connectivity index (χ2n) is 8.87. The molecule has 4 rings (SSSR count). The van der Waals surface area contributed by atoms with Gasteiger partial charge in [-0.15, -0.1) is 0 Å². The number of allylic oxidation sites excluding steroid dienone is 1. The Kier molecular flexibility index (Phi) is 7.77. The van der Waals surface area contributed by atoms with Crippen molar-refractivity contribution in [2.75, 3.05) is 19.6 Å². The van der Waals surface area contributed by atoms with Crippen LogP contribution in [0.5, 0.6) is 0 Å². The second-order valence-corrected chi connectivity index (χ2v) is 9.31. The van der Waals surface area contributed by atoms with E-state index in [1.165, 1.54) is 12.8 Å². The molecule has 1 aromatic carbocycles. The molecule has 176 valence electrons. The van der Waals surface area contributed by atoms with Gasteiger partial charge in [0.05, 0.1) is 5.57 Å². The Morgan fingerprint density at radius 2 is 2.03 bits per heavy atom. The van der Waals surface area contributed by atoms with Crippen molar-refractivity contribution in [1.29, 1.82) is 0 Å². The molecule has 4 N–H and O–H groups in total. The second kappa shape index (κ2) is 10.9. The highest BCUT2D eigenvalue weighted by molar-refractivity contribution is 7.80. The SMILES string of the molecule is NC(=S)N/N=C(\CCN1CCCC1)C[C@H](C1=C(O)C2=CCCC[C@@H]2OC1=O)c1ccccc1. The van der Waals surface area contributed by atoms with Crippen molar-refractivity contribution in [1.82, 2.24) is 10.3 Å². The van der Waals surface area contributed by atoms with Gasteiger partial charge in [0.2, 0.25) is 0 Å². The minimum absolute atomic E-state index is 0.0611. The maximum Gasteiger partial charge on any atom is 0.339 e. The van der Waals surface area contributed by atoms with Crippen LogP contribution in [-0.4, -0.2) is 52.5 Å². The number of fused-ring (bicyclic) bond motifs is 1. The third-order valence-corrected chi connectivity index (χ3v) is 6.70. The van der Waals surface area contributed by atoms with Gasteiger partial charge in [0, 0.05) is 30.2 Å². The van der Waals surface area contributed by atoms with Crippen LogP contribution in [0.25, 0.3) is 0 Å². The van der Waals surface area contributed by atoms with E-state index in [9.17, 15) is 9.90 Å². The normalized spacial score (nSPS) is 22.4. The first-order valence-corrected chi connectivity index (χ1v) is 12.2. The number of carbonyl (C=O) groups excluding carboxylic acids is 1. The number of esters is 1. The molecule has 1 saturated heterocycles. The Morgan fingerprint density at radius 3 is 2.76 bits per heavy atom. The van der Waals surface area contributed by atoms with Crippen molar-refractivity contribution in [2.45, 2.75) is 57.0 Å². The number of thiocarbonyl (C=S) groups is 1. The molecule has 2 heterocycles. The summed E-state index contributed by atoms with van der Waals surface area (Å²) in [5.41, 5.74) is 11.2. The number of ether oxygens (including phenoxy) is 1. The lowest BCUT2D eigenvalue weighted by molar-refractivity contribution is -0.145. The lowest BCUT2D eigenvalue weighted by Crippen LogP contribution is -2.34. The highest BCUT2D eigenvalue weighted by Crippen LogP contribution is 2.40. The summed E-state index contributed by atoms with van der Waals surface area (Å²) in [6.07, 6.45) is 7.79. The molecular weight excluding hydrogens is 436 g/mol. The average molecular weight is 469 g/mol. The molecule has 0 spiro atoms. The van der Waals surface area contributed by atoms with Crippen LogP contribution in [0, 0.1) is 0 Å². The van der Waals surface area contributed by atoms with Crippen LogP contribution in [0.2, 0.25) is 0 Å². The van der Waals surface area contributed by atoms with Gasteiger partial charge in [-0.1, -0.05) is 36.4 Å². The molecule has 0 radical (unpaired) electrons. The number of hydrazone groups is 1. The summed E-state index contributed by atoms with van der Waals surface area (Å²) in [6, 6.07) is 9.75. The van der Waals surface area contributed by atoms with Crippen molar-refractivity contribution in [3.8, 4) is 0 Å². The molecule has 2 aliphatic heterocycles. The van der Waals surface area contributed by atoms with E-state index in [2.05, 4.69) is 15.4 Å². The van der Waals surface area contributed by atoms with Gasteiger partial charge in [0.25, 0.3) is 0 Å². The van der Waals surface area contributed by atoms with Crippen molar-refractivity contribution in [3.63, 3.8) is 0 Å². The Hall–Kier alpha value is -2.71. The van der Waals surface area contributed by atoms with E-state index < -0.39 is 11.9 Å². The van der Waals surface area contributed by atoms with Gasteiger partial charge >= 0.3 is 5.97 Å². The van der Waals surface area contributed by atoms with Crippen LogP contribution in [-0.2, 0) is 9.53 Å². The third-order valence-electron chi connectivity index (χ3n) is 6.61. The van der Waals surface area contributed by atoms with Gasteiger partial charge in [-0.3, -0.25) is 5.43 Å². The summed E-state index contributed by atoms with van der Waals surface area (Å²) in [7, 11) is 0. The molecule has 1 aromatic rings. The fourth-order valence-corrected chi connectivity index (χ4v) is 4.96. The lowest BCUT2D eigenvalue weighted by atomic mass is 9.81. The first-order chi connectivity index (χ1) is 16.0. The number of rotatable bonds is 8. The van der Waals surface area contributed by atoms with Gasteiger partial charge in [-0.25, -0.2) is 4.79 Å². The molecule has 0 bridgehead atoms. The smallest absolute Gasteiger partial charge is 0.339 e. The molecule has 7 nitrogen and oxygen atoms in total. The Bertz CT molecular complexity index is 967. The van der Waals surface area contributed by atoms with Gasteiger partial charge in [0.15, 0.2) is 5.11 Å². The predicted molar refractivity (Wildman–Crippen MR) is 133 cm³/mol. The van der Waals surface area contributed by atoms with Gasteiger partial charge in [-0.05, 0) is 69.4 Å².